The van der Waals surface area contributed by atoms with Crippen LogP contribution >= 0.6 is 27.7 Å². The molecule has 1 heterocycles. The Balaban J connectivity index is 1.94. The molecule has 3 rings (SSSR count). The molecule has 0 saturated heterocycles. The highest BCUT2D eigenvalue weighted by Crippen LogP contribution is 2.51. The van der Waals surface area contributed by atoms with E-state index in [1.165, 1.54) is 10.6 Å². The number of anilines is 2. The van der Waals surface area contributed by atoms with Crippen molar-refractivity contribution in [2.75, 3.05) is 18.0 Å². The molecular weight excluding hydrogens is 384 g/mol. The summed E-state index contributed by atoms with van der Waals surface area (Å²) in [5, 5.41) is 13.9. The van der Waals surface area contributed by atoms with Gasteiger partial charge >= 0.3 is 0 Å². The Morgan fingerprint density at radius 2 is 2.04 bits per heavy atom. The molecule has 0 spiro atoms. The van der Waals surface area contributed by atoms with Gasteiger partial charge in [0.15, 0.2) is 0 Å². The number of nitrogens with one attached hydrogen (secondary N) is 1. The molecular formula is C19H23BrN2OS. The molecule has 1 unspecified atom stereocenters. The number of phenols is 1. The van der Waals surface area contributed by atoms with Crippen molar-refractivity contribution in [2.24, 2.45) is 0 Å². The first kappa shape index (κ1) is 17.6. The van der Waals surface area contributed by atoms with Crippen LogP contribution in [0.1, 0.15) is 26.7 Å². The topological polar surface area (TPSA) is 35.5 Å². The van der Waals surface area contributed by atoms with Gasteiger partial charge in [-0.1, -0.05) is 47.6 Å². The number of nitrogens with zero attached hydrogens (tertiary/aromatic N) is 1. The van der Waals surface area contributed by atoms with Crippen molar-refractivity contribution in [3.8, 4) is 5.75 Å². The smallest absolute Gasteiger partial charge is 0.131 e. The molecule has 128 valence electrons. The quantitative estimate of drug-likeness (QED) is 0.660. The van der Waals surface area contributed by atoms with Crippen LogP contribution in [0.15, 0.2) is 50.7 Å². The van der Waals surface area contributed by atoms with Crippen LogP contribution in [0.5, 0.6) is 5.75 Å². The monoisotopic (exact) mass is 406 g/mol. The Bertz CT molecular complexity index is 723. The van der Waals surface area contributed by atoms with Crippen LogP contribution in [0, 0.1) is 0 Å². The molecule has 0 bridgehead atoms. The number of hydrogen-bond donors (Lipinski definition) is 2. The van der Waals surface area contributed by atoms with Crippen LogP contribution < -0.4 is 10.2 Å². The van der Waals surface area contributed by atoms with E-state index in [2.05, 4.69) is 64.3 Å². The molecule has 1 atom stereocenters. The average molecular weight is 407 g/mol. The van der Waals surface area contributed by atoms with Gasteiger partial charge in [0, 0.05) is 22.0 Å². The molecule has 0 aromatic heterocycles. The van der Waals surface area contributed by atoms with Gasteiger partial charge in [-0.05, 0) is 49.7 Å². The van der Waals surface area contributed by atoms with Crippen molar-refractivity contribution in [3.05, 3.63) is 40.9 Å². The molecule has 0 aliphatic carbocycles. The van der Waals surface area contributed by atoms with Gasteiger partial charge in [0.1, 0.15) is 5.75 Å². The third-order valence-corrected chi connectivity index (χ3v) is 6.04. The summed E-state index contributed by atoms with van der Waals surface area (Å²) in [4.78, 5) is 4.46. The SMILES string of the molecule is CCNC(CC)CCN1c2ccc(Br)cc2Sc2c(O)cccc21. The Kier molecular flexibility index (Phi) is 5.74. The fourth-order valence-electron chi connectivity index (χ4n) is 3.13. The molecule has 1 aliphatic heterocycles. The van der Waals surface area contributed by atoms with E-state index in [4.69, 9.17) is 0 Å². The number of aromatic hydroxyl groups is 1. The highest BCUT2D eigenvalue weighted by Gasteiger charge is 2.26. The van der Waals surface area contributed by atoms with Crippen molar-refractivity contribution in [1.82, 2.24) is 5.32 Å². The van der Waals surface area contributed by atoms with Gasteiger partial charge < -0.3 is 15.3 Å². The molecule has 0 fully saturated rings. The zero-order valence-corrected chi connectivity index (χ0v) is 16.5. The van der Waals surface area contributed by atoms with Crippen LogP contribution in [0.4, 0.5) is 11.4 Å². The molecule has 0 amide bonds. The first-order valence-electron chi connectivity index (χ1n) is 8.44. The number of rotatable bonds is 6. The fourth-order valence-corrected chi connectivity index (χ4v) is 4.78. The molecule has 2 N–H and O–H groups in total. The van der Waals surface area contributed by atoms with Crippen molar-refractivity contribution >= 4 is 39.1 Å². The minimum atomic E-state index is 0.354. The van der Waals surface area contributed by atoms with E-state index < -0.39 is 0 Å². The predicted octanol–water partition coefficient (Wildman–Crippen LogP) is 5.54. The maximum atomic E-state index is 10.3. The Labute approximate surface area is 156 Å². The van der Waals surface area contributed by atoms with E-state index in [1.54, 1.807) is 17.8 Å². The van der Waals surface area contributed by atoms with Crippen LogP contribution in [0.25, 0.3) is 0 Å². The first-order chi connectivity index (χ1) is 11.6. The van der Waals surface area contributed by atoms with Crippen LogP contribution in [-0.2, 0) is 0 Å². The molecule has 3 nitrogen and oxygen atoms in total. The molecule has 0 saturated carbocycles. The maximum absolute atomic E-state index is 10.3. The van der Waals surface area contributed by atoms with E-state index in [0.717, 1.165) is 41.0 Å². The third-order valence-electron chi connectivity index (χ3n) is 4.38. The van der Waals surface area contributed by atoms with E-state index in [1.807, 2.05) is 6.07 Å². The van der Waals surface area contributed by atoms with E-state index >= 15 is 0 Å². The molecule has 1 aliphatic rings. The summed E-state index contributed by atoms with van der Waals surface area (Å²) in [6.45, 7) is 6.30. The lowest BCUT2D eigenvalue weighted by Crippen LogP contribution is -2.33. The highest BCUT2D eigenvalue weighted by atomic mass is 79.9. The summed E-state index contributed by atoms with van der Waals surface area (Å²) in [5.74, 6) is 0.354. The third kappa shape index (κ3) is 3.58. The van der Waals surface area contributed by atoms with Crippen molar-refractivity contribution in [2.45, 2.75) is 42.5 Å². The maximum Gasteiger partial charge on any atom is 0.131 e. The zero-order chi connectivity index (χ0) is 17.1. The van der Waals surface area contributed by atoms with E-state index in [0.29, 0.717) is 11.8 Å². The molecule has 2 aromatic carbocycles. The number of fused-ring (bicyclic) bond motifs is 2. The standard InChI is InChI=1S/C19H23BrN2OS/c1-3-14(21-4-2)10-11-22-15-9-8-13(20)12-18(15)24-19-16(22)6-5-7-17(19)23/h5-9,12,14,21,23H,3-4,10-11H2,1-2H3. The lowest BCUT2D eigenvalue weighted by atomic mass is 10.1. The van der Waals surface area contributed by atoms with Gasteiger partial charge in [-0.15, -0.1) is 0 Å². The molecule has 2 aromatic rings. The number of phenolic OH excluding ortho intramolecular Hbond substituents is 1. The zero-order valence-electron chi connectivity index (χ0n) is 14.1. The largest absolute Gasteiger partial charge is 0.507 e. The molecule has 0 radical (unpaired) electrons. The van der Waals surface area contributed by atoms with Crippen LogP contribution in [0.2, 0.25) is 0 Å². The summed E-state index contributed by atoms with van der Waals surface area (Å²) in [6.07, 6.45) is 2.19. The second-order valence-electron chi connectivity index (χ2n) is 5.94. The number of benzene rings is 2. The van der Waals surface area contributed by atoms with E-state index in [9.17, 15) is 5.11 Å². The second kappa shape index (κ2) is 7.81. The van der Waals surface area contributed by atoms with Gasteiger partial charge in [0.25, 0.3) is 0 Å². The Morgan fingerprint density at radius 1 is 1.21 bits per heavy atom. The first-order valence-corrected chi connectivity index (χ1v) is 10.0. The van der Waals surface area contributed by atoms with Crippen molar-refractivity contribution in [3.63, 3.8) is 0 Å². The van der Waals surface area contributed by atoms with Crippen LogP contribution in [-0.4, -0.2) is 24.2 Å². The lowest BCUT2D eigenvalue weighted by molar-refractivity contribution is 0.461. The summed E-state index contributed by atoms with van der Waals surface area (Å²) in [6, 6.07) is 12.7. The van der Waals surface area contributed by atoms with Crippen molar-refractivity contribution in [1.29, 1.82) is 0 Å². The Hall–Kier alpha value is -1.17. The number of hydrogen-bond acceptors (Lipinski definition) is 4. The second-order valence-corrected chi connectivity index (χ2v) is 7.91. The van der Waals surface area contributed by atoms with Gasteiger partial charge in [-0.2, -0.15) is 0 Å². The van der Waals surface area contributed by atoms with Crippen LogP contribution in [0.3, 0.4) is 0 Å². The minimum absolute atomic E-state index is 0.354. The molecule has 24 heavy (non-hydrogen) atoms. The fraction of sp³-hybridized carbons (Fsp3) is 0.368. The molecule has 5 heteroatoms. The summed E-state index contributed by atoms with van der Waals surface area (Å²) in [7, 11) is 0. The number of halogens is 1. The van der Waals surface area contributed by atoms with Gasteiger partial charge in [0.05, 0.1) is 16.3 Å². The Morgan fingerprint density at radius 3 is 2.79 bits per heavy atom. The summed E-state index contributed by atoms with van der Waals surface area (Å²) < 4.78 is 1.06. The summed E-state index contributed by atoms with van der Waals surface area (Å²) in [5.41, 5.74) is 2.31. The van der Waals surface area contributed by atoms with Gasteiger partial charge in [-0.3, -0.25) is 0 Å². The summed E-state index contributed by atoms with van der Waals surface area (Å²) >= 11 is 5.20. The van der Waals surface area contributed by atoms with Crippen molar-refractivity contribution < 1.29 is 5.11 Å². The predicted molar refractivity (Wildman–Crippen MR) is 106 cm³/mol. The van der Waals surface area contributed by atoms with E-state index in [-0.39, 0.29) is 0 Å². The highest BCUT2D eigenvalue weighted by molar-refractivity contribution is 9.10. The average Bonchev–Trinajstić information content (AvgIpc) is 2.58. The normalized spacial score (nSPS) is 14.2. The van der Waals surface area contributed by atoms with Gasteiger partial charge in [-0.25, -0.2) is 0 Å². The lowest BCUT2D eigenvalue weighted by Gasteiger charge is -2.34. The van der Waals surface area contributed by atoms with Gasteiger partial charge in [0.2, 0.25) is 0 Å². The minimum Gasteiger partial charge on any atom is -0.507 e.